The van der Waals surface area contributed by atoms with Crippen molar-refractivity contribution in [1.82, 2.24) is 24.9 Å². The van der Waals surface area contributed by atoms with Gasteiger partial charge in [0.2, 0.25) is 13.6 Å². The van der Waals surface area contributed by atoms with E-state index >= 15 is 0 Å². The van der Waals surface area contributed by atoms with Crippen LogP contribution in [0.15, 0.2) is 140 Å². The number of nitrogens with zero attached hydrogens (tertiary/aromatic N) is 7. The highest BCUT2D eigenvalue weighted by molar-refractivity contribution is 6.17. The summed E-state index contributed by atoms with van der Waals surface area (Å²) in [5.74, 6) is -9.76. The van der Waals surface area contributed by atoms with Gasteiger partial charge >= 0.3 is 72.1 Å². The van der Waals surface area contributed by atoms with Crippen LogP contribution in [-0.4, -0.2) is 237 Å². The van der Waals surface area contributed by atoms with Crippen LogP contribution in [0.4, 0.5) is 36.2 Å². The van der Waals surface area contributed by atoms with Crippen LogP contribution >= 0.6 is 24.0 Å². The van der Waals surface area contributed by atoms with Gasteiger partial charge in [0.15, 0.2) is 6.07 Å². The molecule has 3 unspecified atom stereocenters. The second kappa shape index (κ2) is 51.8. The third kappa shape index (κ3) is 30.6. The molecule has 131 heavy (non-hydrogen) atoms. The third-order valence-electron chi connectivity index (χ3n) is 20.4. The average Bonchev–Trinajstić information content (AvgIpc) is 0.752. The number of amides is 4. The number of ether oxygens (including phenoxy) is 15. The lowest BCUT2D eigenvalue weighted by atomic mass is 9.79. The Morgan fingerprint density at radius 2 is 0.695 bits per heavy atom. The van der Waals surface area contributed by atoms with E-state index in [4.69, 9.17) is 82.7 Å². The maximum atomic E-state index is 13.7. The lowest BCUT2D eigenvalue weighted by Crippen LogP contribution is -2.42. The molecule has 0 aromatic heterocycles. The molecule has 1 N–H and O–H groups in total. The molecule has 3 aromatic carbocycles. The van der Waals surface area contributed by atoms with Gasteiger partial charge in [0, 0.05) is 118 Å². The minimum absolute atomic E-state index is 0. The van der Waals surface area contributed by atoms with E-state index in [1.165, 1.54) is 136 Å². The van der Waals surface area contributed by atoms with Crippen molar-refractivity contribution in [3.63, 3.8) is 0 Å². The summed E-state index contributed by atoms with van der Waals surface area (Å²) >= 11 is 5.57. The molecule has 0 radical (unpaired) electrons. The number of methoxy groups -OCH3 is 3. The first-order valence-corrected chi connectivity index (χ1v) is 42.0. The molecule has 2 fully saturated rings. The molecule has 43 heteroatoms. The number of nitro benzene ring substituents is 3. The highest BCUT2D eigenvalue weighted by Crippen LogP contribution is 2.48. The number of esters is 8. The third-order valence-corrected chi connectivity index (χ3v) is 20.5. The molecule has 2 saturated heterocycles. The summed E-state index contributed by atoms with van der Waals surface area (Å²) in [7, 11) is 4.27. The SMILES string of the molecule is COCCOC(=O)C1=C(C)N(C(=O)OCCl)C(C)=C(C(=O)OC(C)C)C1c1cccc([N+](=O)[O-])c1.COCCOC(=O)C1=C(C)N(C(=O)OCOC(=O)CC2CCN(C(=O)OC(C)(C)C)CC2)C(C)=C(C(=O)OC(C)C)C1c1cccc([N+](=O)[O-])c1.COCCOC(=O)C1=C(C)N(C(=O)OCOC(=O)CC2CCNCC2)C(C)=C(C(=O)OC(C)C)C1c1cccc([N+](=O)[O-])c1.Cl. The molecule has 41 nitrogen and oxygen atoms in total. The van der Waals surface area contributed by atoms with Crippen LogP contribution in [0.1, 0.15) is 177 Å². The van der Waals surface area contributed by atoms with Gasteiger partial charge in [0.1, 0.15) is 25.4 Å². The second-order valence-electron chi connectivity index (χ2n) is 31.7. The Morgan fingerprint density at radius 3 is 0.962 bits per heavy atom. The summed E-state index contributed by atoms with van der Waals surface area (Å²) in [5.41, 5.74) is -1.09. The number of halogens is 2. The van der Waals surface area contributed by atoms with Crippen LogP contribution in [0.3, 0.4) is 0 Å². The molecule has 3 atom stereocenters. The van der Waals surface area contributed by atoms with Crippen molar-refractivity contribution in [2.75, 3.05) is 107 Å². The average molecular weight is 1880 g/mol. The Hall–Kier alpha value is -12.4. The lowest BCUT2D eigenvalue weighted by Gasteiger charge is -2.36. The summed E-state index contributed by atoms with van der Waals surface area (Å²) in [6, 6.07) is 15.9. The topological polar surface area (TPSA) is 498 Å². The maximum Gasteiger partial charge on any atom is 0.421 e. The molecule has 0 aliphatic carbocycles. The van der Waals surface area contributed by atoms with Crippen LogP contribution in [0.5, 0.6) is 0 Å². The highest BCUT2D eigenvalue weighted by Gasteiger charge is 2.48. The predicted octanol–water partition coefficient (Wildman–Crippen LogP) is 13.5. The summed E-state index contributed by atoms with van der Waals surface area (Å²) in [6.07, 6.45) is -2.13. The minimum atomic E-state index is -1.23. The first-order chi connectivity index (χ1) is 61.4. The number of carbonyl (C=O) groups excluding carboxylic acids is 12. The van der Waals surface area contributed by atoms with Gasteiger partial charge in [-0.3, -0.25) is 54.6 Å². The smallest absolute Gasteiger partial charge is 0.421 e. The lowest BCUT2D eigenvalue weighted by molar-refractivity contribution is -0.385. The molecule has 718 valence electrons. The van der Waals surface area contributed by atoms with Gasteiger partial charge in [-0.05, 0) is 171 Å². The summed E-state index contributed by atoms with van der Waals surface area (Å²) in [4.78, 5) is 195. The van der Waals surface area contributed by atoms with Gasteiger partial charge < -0.3 is 81.3 Å². The highest BCUT2D eigenvalue weighted by atomic mass is 35.5. The number of likely N-dealkylation sites (tertiary alicyclic amines) is 1. The van der Waals surface area contributed by atoms with Gasteiger partial charge in [-0.15, -0.1) is 12.4 Å². The fourth-order valence-corrected chi connectivity index (χ4v) is 14.7. The predicted molar refractivity (Wildman–Crippen MR) is 466 cm³/mol. The number of hydrogen-bond acceptors (Lipinski definition) is 34. The largest absolute Gasteiger partial charge is 0.460 e. The Morgan fingerprint density at radius 1 is 0.412 bits per heavy atom. The molecule has 5 aliphatic heterocycles. The van der Waals surface area contributed by atoms with E-state index in [-0.39, 0.29) is 178 Å². The first kappa shape index (κ1) is 109. The van der Waals surface area contributed by atoms with Crippen LogP contribution in [0.2, 0.25) is 0 Å². The van der Waals surface area contributed by atoms with E-state index < -0.39 is 148 Å². The molecule has 3 aromatic rings. The van der Waals surface area contributed by atoms with Gasteiger partial charge in [-0.1, -0.05) is 48.0 Å². The van der Waals surface area contributed by atoms with Crippen LogP contribution in [-0.2, 0) is 109 Å². The van der Waals surface area contributed by atoms with Crippen molar-refractivity contribution in [3.05, 3.63) is 187 Å². The molecule has 0 spiro atoms. The van der Waals surface area contributed by atoms with E-state index in [0.717, 1.165) is 40.6 Å². The van der Waals surface area contributed by atoms with E-state index in [9.17, 15) is 87.9 Å². The number of rotatable bonds is 33. The summed E-state index contributed by atoms with van der Waals surface area (Å²) in [6.45, 7) is 24.7. The number of nitro groups is 3. The van der Waals surface area contributed by atoms with Crippen molar-refractivity contribution in [2.24, 2.45) is 11.8 Å². The van der Waals surface area contributed by atoms with Gasteiger partial charge in [0.05, 0.1) is 104 Å². The molecule has 5 heterocycles. The number of carbonyl (C=O) groups is 12. The van der Waals surface area contributed by atoms with E-state index in [1.54, 1.807) is 67.2 Å². The number of nitrogens with one attached hydrogen (secondary N) is 1. The molecule has 0 bridgehead atoms. The van der Waals surface area contributed by atoms with Crippen LogP contribution in [0, 0.1) is 42.2 Å². The van der Waals surface area contributed by atoms with Crippen molar-refractivity contribution >= 4 is 113 Å². The molecular weight excluding hydrogens is 1770 g/mol. The van der Waals surface area contributed by atoms with Gasteiger partial charge in [-0.2, -0.15) is 0 Å². The van der Waals surface area contributed by atoms with Crippen molar-refractivity contribution in [1.29, 1.82) is 0 Å². The molecular formula is C88H114Cl2N8O33. The Bertz CT molecular complexity index is 4880. The molecule has 0 saturated carbocycles. The summed E-state index contributed by atoms with van der Waals surface area (Å²) < 4.78 is 78.6. The monoisotopic (exact) mass is 1880 g/mol. The van der Waals surface area contributed by atoms with E-state index in [1.807, 2.05) is 0 Å². The number of piperidine rings is 2. The number of alkyl halides is 1. The molecule has 4 amide bonds. The number of benzene rings is 3. The van der Waals surface area contributed by atoms with Crippen molar-refractivity contribution < 1.29 is 143 Å². The minimum Gasteiger partial charge on any atom is -0.460 e. The Balaban J connectivity index is 0.000000352. The van der Waals surface area contributed by atoms with Crippen molar-refractivity contribution in [2.45, 2.75) is 184 Å². The van der Waals surface area contributed by atoms with Gasteiger partial charge in [-0.25, -0.2) is 47.9 Å². The number of allylic oxidation sites excluding steroid dienone is 6. The zero-order valence-electron chi connectivity index (χ0n) is 76.4. The first-order valence-electron chi connectivity index (χ1n) is 41.5. The number of non-ortho nitro benzene ring substituents is 3. The standard InChI is InChI=1S/C35H47N3O13.C30H39N3O11.C23H27ClN2O9.ClH/c1-21(2)50-32(41)29-23(4)37(22(3)28(31(40)47-17-16-46-8)30(29)25-10-9-11-26(19-25)38(44)45)34(43)49-20-48-27(39)18-24-12-14-36(15-13-24)33(42)51-35(5,6)7;1-18(2)44-29(36)26-20(4)32(30(37)43-17-42-24(34)15-21-9-11-31-12-10-21)19(3)25(28(35)41-14-13-40-5)27(26)22-7-6-8-23(16-22)33(38)39;1-13(2)35-22(28)19-15(4)25(23(29)34-12-24)14(3)18(21(27)33-10-9-32-5)20(19)16-7-6-8-17(11-16)26(30)31;/h9-11,19,21,24,30H,12-18,20H2,1-8H3;6-8,16,18,21,27,31H,9-15,17H2,1-5H3;6-8,11,13,20H,9-10,12H2,1-5H3;1H. The Labute approximate surface area is 768 Å². The van der Waals surface area contributed by atoms with E-state index in [0.29, 0.717) is 25.9 Å². The number of hydrogen-bond donors (Lipinski definition) is 1. The van der Waals surface area contributed by atoms with Crippen LogP contribution < -0.4 is 5.32 Å². The maximum absolute atomic E-state index is 13.7. The quantitative estimate of drug-likeness (QED) is 0.0113. The zero-order valence-corrected chi connectivity index (χ0v) is 77.9. The van der Waals surface area contributed by atoms with Gasteiger partial charge in [0.25, 0.3) is 17.1 Å². The van der Waals surface area contributed by atoms with Crippen LogP contribution in [0.25, 0.3) is 0 Å². The summed E-state index contributed by atoms with van der Waals surface area (Å²) in [5, 5.41) is 37.9. The molecule has 5 aliphatic rings. The fraction of sp³-hybridized carbons (Fsp3) is 0.523. The van der Waals surface area contributed by atoms with Crippen molar-refractivity contribution in [3.8, 4) is 0 Å². The second-order valence-corrected chi connectivity index (χ2v) is 31.9. The fourth-order valence-electron chi connectivity index (χ4n) is 14.6. The van der Waals surface area contributed by atoms with E-state index in [2.05, 4.69) is 5.32 Å². The molecule has 8 rings (SSSR count). The normalized spacial score (nSPS) is 16.7. The Kier molecular flexibility index (Phi) is 43.2. The zero-order chi connectivity index (χ0) is 96.7.